The molecule has 0 unspecified atom stereocenters. The molecule has 1 aliphatic rings. The average Bonchev–Trinajstić information content (AvgIpc) is 2.50. The lowest BCUT2D eigenvalue weighted by molar-refractivity contribution is -0.0679. The number of benzene rings is 1. The summed E-state index contributed by atoms with van der Waals surface area (Å²) < 4.78 is 5.72. The van der Waals surface area contributed by atoms with Gasteiger partial charge in [0, 0.05) is 32.7 Å². The van der Waals surface area contributed by atoms with Crippen molar-refractivity contribution in [2.75, 3.05) is 26.2 Å². The molecule has 0 aliphatic carbocycles. The van der Waals surface area contributed by atoms with Gasteiger partial charge < -0.3 is 15.4 Å². The molecule has 128 valence electrons. The van der Waals surface area contributed by atoms with Gasteiger partial charge in [-0.1, -0.05) is 29.8 Å². The number of ether oxygens (including phenoxy) is 1. The molecule has 2 rings (SSSR count). The van der Waals surface area contributed by atoms with E-state index in [9.17, 15) is 4.79 Å². The maximum atomic E-state index is 11.8. The number of urea groups is 1. The van der Waals surface area contributed by atoms with E-state index < -0.39 is 0 Å². The second kappa shape index (κ2) is 8.89. The molecule has 0 aromatic heterocycles. The zero-order chi connectivity index (χ0) is 16.7. The van der Waals surface area contributed by atoms with E-state index in [2.05, 4.69) is 48.4 Å². The van der Waals surface area contributed by atoms with Crippen molar-refractivity contribution < 1.29 is 9.53 Å². The Balaban J connectivity index is 1.57. The number of nitrogens with one attached hydrogen (secondary N) is 2. The van der Waals surface area contributed by atoms with Crippen molar-refractivity contribution >= 4 is 6.03 Å². The summed E-state index contributed by atoms with van der Waals surface area (Å²) in [5.74, 6) is 0. The van der Waals surface area contributed by atoms with E-state index in [1.807, 2.05) is 12.1 Å². The predicted octanol–water partition coefficient (Wildman–Crippen LogP) is 2.29. The fourth-order valence-electron chi connectivity index (χ4n) is 2.92. The van der Waals surface area contributed by atoms with E-state index in [4.69, 9.17) is 4.74 Å². The number of aryl methyl sites for hydroxylation is 1. The standard InChI is InChI=1S/C18H29N3O2/c1-14-5-7-17(8-6-14)11-20-18(22)19-9-4-10-21-12-15(2)23-16(3)13-21/h5-8,15-16H,4,9-13H2,1-3H3,(H2,19,20,22)/t15-,16+. The minimum absolute atomic E-state index is 0.103. The van der Waals surface area contributed by atoms with Gasteiger partial charge in [-0.25, -0.2) is 4.79 Å². The molecule has 2 atom stereocenters. The van der Waals surface area contributed by atoms with Crippen molar-refractivity contribution in [3.8, 4) is 0 Å². The van der Waals surface area contributed by atoms with Gasteiger partial charge in [0.05, 0.1) is 12.2 Å². The lowest BCUT2D eigenvalue weighted by atomic mass is 10.1. The number of hydrogen-bond acceptors (Lipinski definition) is 3. The molecule has 1 aromatic rings. The number of carbonyl (C=O) groups excluding carboxylic acids is 1. The zero-order valence-corrected chi connectivity index (χ0v) is 14.5. The number of carbonyl (C=O) groups is 1. The smallest absolute Gasteiger partial charge is 0.315 e. The topological polar surface area (TPSA) is 53.6 Å². The van der Waals surface area contributed by atoms with E-state index in [-0.39, 0.29) is 6.03 Å². The molecular weight excluding hydrogens is 290 g/mol. The Morgan fingerprint density at radius 3 is 2.48 bits per heavy atom. The summed E-state index contributed by atoms with van der Waals surface area (Å²) in [6, 6.07) is 8.08. The Morgan fingerprint density at radius 2 is 1.83 bits per heavy atom. The highest BCUT2D eigenvalue weighted by Gasteiger charge is 2.21. The average molecular weight is 319 g/mol. The molecule has 1 aliphatic heterocycles. The Bertz CT molecular complexity index is 480. The highest BCUT2D eigenvalue weighted by Crippen LogP contribution is 2.10. The first-order chi connectivity index (χ1) is 11.0. The second-order valence-corrected chi connectivity index (χ2v) is 6.47. The first kappa shape index (κ1) is 17.8. The third-order valence-electron chi connectivity index (χ3n) is 4.01. The summed E-state index contributed by atoms with van der Waals surface area (Å²) in [4.78, 5) is 14.2. The maximum absolute atomic E-state index is 11.8. The molecule has 23 heavy (non-hydrogen) atoms. The van der Waals surface area contributed by atoms with Crippen LogP contribution in [0.25, 0.3) is 0 Å². The SMILES string of the molecule is Cc1ccc(CNC(=O)NCCCN2C[C@@H](C)O[C@@H](C)C2)cc1. The third kappa shape index (κ3) is 6.59. The van der Waals surface area contributed by atoms with Crippen molar-refractivity contribution in [2.24, 2.45) is 0 Å². The number of nitrogens with zero attached hydrogens (tertiary/aromatic N) is 1. The Morgan fingerprint density at radius 1 is 1.17 bits per heavy atom. The van der Waals surface area contributed by atoms with Gasteiger partial charge in [-0.05, 0) is 32.8 Å². The van der Waals surface area contributed by atoms with Crippen molar-refractivity contribution in [2.45, 2.75) is 45.9 Å². The van der Waals surface area contributed by atoms with Crippen LogP contribution in [0.3, 0.4) is 0 Å². The normalized spacial score (nSPS) is 21.9. The monoisotopic (exact) mass is 319 g/mol. The second-order valence-electron chi connectivity index (χ2n) is 6.47. The minimum Gasteiger partial charge on any atom is -0.373 e. The molecule has 1 heterocycles. The highest BCUT2D eigenvalue weighted by atomic mass is 16.5. The first-order valence-electron chi connectivity index (χ1n) is 8.48. The van der Waals surface area contributed by atoms with Crippen molar-refractivity contribution in [3.05, 3.63) is 35.4 Å². The molecule has 0 bridgehead atoms. The lowest BCUT2D eigenvalue weighted by Crippen LogP contribution is -2.46. The highest BCUT2D eigenvalue weighted by molar-refractivity contribution is 5.73. The lowest BCUT2D eigenvalue weighted by Gasteiger charge is -2.35. The fraction of sp³-hybridized carbons (Fsp3) is 0.611. The summed E-state index contributed by atoms with van der Waals surface area (Å²) in [7, 11) is 0. The number of morpholine rings is 1. The van der Waals surface area contributed by atoms with Gasteiger partial charge in [-0.2, -0.15) is 0 Å². The molecule has 0 saturated carbocycles. The van der Waals surface area contributed by atoms with Crippen molar-refractivity contribution in [1.82, 2.24) is 15.5 Å². The van der Waals surface area contributed by atoms with Crippen LogP contribution in [0.15, 0.2) is 24.3 Å². The van der Waals surface area contributed by atoms with E-state index in [0.29, 0.717) is 25.3 Å². The van der Waals surface area contributed by atoms with Crippen LogP contribution < -0.4 is 10.6 Å². The van der Waals surface area contributed by atoms with Gasteiger partial charge in [0.1, 0.15) is 0 Å². The predicted molar refractivity (Wildman–Crippen MR) is 92.5 cm³/mol. The quantitative estimate of drug-likeness (QED) is 0.791. The maximum Gasteiger partial charge on any atom is 0.315 e. The number of hydrogen-bond donors (Lipinski definition) is 2. The summed E-state index contributed by atoms with van der Waals surface area (Å²) >= 11 is 0. The van der Waals surface area contributed by atoms with Gasteiger partial charge in [-0.15, -0.1) is 0 Å². The molecule has 1 aromatic carbocycles. The van der Waals surface area contributed by atoms with Crippen LogP contribution in [0.2, 0.25) is 0 Å². The molecule has 2 amide bonds. The van der Waals surface area contributed by atoms with Gasteiger partial charge in [-0.3, -0.25) is 4.90 Å². The summed E-state index contributed by atoms with van der Waals surface area (Å²) in [5, 5.41) is 5.81. The number of rotatable bonds is 6. The van der Waals surface area contributed by atoms with Crippen LogP contribution in [-0.4, -0.2) is 49.3 Å². The van der Waals surface area contributed by atoms with Gasteiger partial charge in [0.25, 0.3) is 0 Å². The fourth-order valence-corrected chi connectivity index (χ4v) is 2.92. The van der Waals surface area contributed by atoms with Crippen molar-refractivity contribution in [3.63, 3.8) is 0 Å². The summed E-state index contributed by atoms with van der Waals surface area (Å²) in [6.07, 6.45) is 1.55. The Kier molecular flexibility index (Phi) is 6.86. The summed E-state index contributed by atoms with van der Waals surface area (Å²) in [5.41, 5.74) is 2.34. The summed E-state index contributed by atoms with van der Waals surface area (Å²) in [6.45, 7) is 10.5. The van der Waals surface area contributed by atoms with Crippen molar-refractivity contribution in [1.29, 1.82) is 0 Å². The largest absolute Gasteiger partial charge is 0.373 e. The third-order valence-corrected chi connectivity index (χ3v) is 4.01. The molecule has 0 spiro atoms. The van der Waals surface area contributed by atoms with E-state index in [0.717, 1.165) is 31.6 Å². The van der Waals surface area contributed by atoms with Crippen LogP contribution in [0.5, 0.6) is 0 Å². The van der Waals surface area contributed by atoms with Gasteiger partial charge in [0.15, 0.2) is 0 Å². The van der Waals surface area contributed by atoms with Crippen LogP contribution >= 0.6 is 0 Å². The molecule has 0 radical (unpaired) electrons. The molecule has 5 heteroatoms. The van der Waals surface area contributed by atoms with E-state index in [1.165, 1.54) is 5.56 Å². The first-order valence-corrected chi connectivity index (χ1v) is 8.48. The van der Waals surface area contributed by atoms with Gasteiger partial charge >= 0.3 is 6.03 Å². The molecule has 2 N–H and O–H groups in total. The van der Waals surface area contributed by atoms with Crippen LogP contribution in [0.4, 0.5) is 4.79 Å². The number of amides is 2. The molecular formula is C18H29N3O2. The minimum atomic E-state index is -0.103. The molecule has 5 nitrogen and oxygen atoms in total. The van der Waals surface area contributed by atoms with E-state index >= 15 is 0 Å². The van der Waals surface area contributed by atoms with Crippen LogP contribution in [0.1, 0.15) is 31.4 Å². The molecule has 1 fully saturated rings. The van der Waals surface area contributed by atoms with Crippen LogP contribution in [0, 0.1) is 6.92 Å². The Labute approximate surface area is 139 Å². The van der Waals surface area contributed by atoms with Crippen LogP contribution in [-0.2, 0) is 11.3 Å². The molecule has 1 saturated heterocycles. The zero-order valence-electron chi connectivity index (χ0n) is 14.5. The van der Waals surface area contributed by atoms with E-state index in [1.54, 1.807) is 0 Å². The van der Waals surface area contributed by atoms with Gasteiger partial charge in [0.2, 0.25) is 0 Å². The Hall–Kier alpha value is -1.59.